The van der Waals surface area contributed by atoms with Crippen molar-refractivity contribution < 1.29 is 13.9 Å². The number of aromatic nitrogens is 7. The number of pyridine rings is 2. The van der Waals surface area contributed by atoms with Crippen LogP contribution in [-0.2, 0) is 6.54 Å². The highest BCUT2D eigenvalue weighted by molar-refractivity contribution is 5.88. The molecule has 0 fully saturated rings. The first-order valence-electron chi connectivity index (χ1n) is 9.64. The van der Waals surface area contributed by atoms with Crippen molar-refractivity contribution in [1.29, 1.82) is 0 Å². The minimum Gasteiger partial charge on any atom is -0.479 e. The van der Waals surface area contributed by atoms with E-state index in [9.17, 15) is 4.39 Å². The summed E-state index contributed by atoms with van der Waals surface area (Å²) in [5, 5.41) is 4.23. The van der Waals surface area contributed by atoms with Gasteiger partial charge in [0.25, 0.3) is 6.01 Å². The van der Waals surface area contributed by atoms with E-state index < -0.39 is 5.95 Å². The van der Waals surface area contributed by atoms with Crippen molar-refractivity contribution in [3.63, 3.8) is 0 Å². The molecule has 0 atom stereocenters. The van der Waals surface area contributed by atoms with Crippen LogP contribution in [0.5, 0.6) is 11.9 Å². The number of hydrogen-bond donors (Lipinski definition) is 0. The molecule has 0 aliphatic rings. The van der Waals surface area contributed by atoms with E-state index in [1.165, 1.54) is 18.6 Å². The van der Waals surface area contributed by atoms with Crippen LogP contribution in [0, 0.1) is 5.95 Å². The number of halogens is 1. The summed E-state index contributed by atoms with van der Waals surface area (Å²) in [5.41, 5.74) is 4.48. The Kier molecular flexibility index (Phi) is 4.66. The Balaban J connectivity index is 1.67. The van der Waals surface area contributed by atoms with Crippen LogP contribution < -0.4 is 9.47 Å². The van der Waals surface area contributed by atoms with Gasteiger partial charge in [0.15, 0.2) is 5.65 Å². The standard InChI is InChI=1S/C21H18FN7O2/c1-3-31-21-27-19-16(28(21)11-13-4-6-23-17(22)8-13)9-14(10-24-19)15-5-7-29-18(15)20(30-2)25-12-26-29/h4-10,12H,3,11H2,1-2H3. The van der Waals surface area contributed by atoms with Crippen LogP contribution in [0.4, 0.5) is 4.39 Å². The zero-order valence-electron chi connectivity index (χ0n) is 16.9. The first-order valence-corrected chi connectivity index (χ1v) is 9.64. The third-order valence-electron chi connectivity index (χ3n) is 4.90. The second kappa shape index (κ2) is 7.63. The number of fused-ring (bicyclic) bond motifs is 2. The maximum atomic E-state index is 13.6. The van der Waals surface area contributed by atoms with Crippen LogP contribution in [0.1, 0.15) is 12.5 Å². The Labute approximate surface area is 176 Å². The molecule has 31 heavy (non-hydrogen) atoms. The summed E-state index contributed by atoms with van der Waals surface area (Å²) in [6, 6.07) is 7.46. The number of rotatable bonds is 6. The number of imidazole rings is 1. The molecule has 5 heterocycles. The number of nitrogens with zero attached hydrogens (tertiary/aromatic N) is 7. The molecule has 0 saturated heterocycles. The summed E-state index contributed by atoms with van der Waals surface area (Å²) in [6.45, 7) is 2.69. The highest BCUT2D eigenvalue weighted by Gasteiger charge is 2.17. The second-order valence-corrected chi connectivity index (χ2v) is 6.76. The van der Waals surface area contributed by atoms with Crippen molar-refractivity contribution in [2.24, 2.45) is 0 Å². The number of methoxy groups -OCH3 is 1. The molecule has 0 unspecified atom stereocenters. The highest BCUT2D eigenvalue weighted by atomic mass is 19.1. The van der Waals surface area contributed by atoms with E-state index in [2.05, 4.69) is 25.0 Å². The molecule has 156 valence electrons. The Morgan fingerprint density at radius 3 is 2.84 bits per heavy atom. The van der Waals surface area contributed by atoms with E-state index in [0.29, 0.717) is 30.7 Å². The molecule has 5 rings (SSSR count). The largest absolute Gasteiger partial charge is 0.479 e. The molecule has 0 amide bonds. The normalized spacial score (nSPS) is 11.3. The van der Waals surface area contributed by atoms with Gasteiger partial charge >= 0.3 is 0 Å². The molecular formula is C21H18FN7O2. The zero-order chi connectivity index (χ0) is 21.4. The molecule has 0 N–H and O–H groups in total. The molecule has 9 nitrogen and oxygen atoms in total. The fraction of sp³-hybridized carbons (Fsp3) is 0.190. The summed E-state index contributed by atoms with van der Waals surface area (Å²) < 4.78 is 28.3. The second-order valence-electron chi connectivity index (χ2n) is 6.76. The van der Waals surface area contributed by atoms with Crippen molar-refractivity contribution in [1.82, 2.24) is 34.1 Å². The van der Waals surface area contributed by atoms with Crippen LogP contribution in [0.15, 0.2) is 49.2 Å². The summed E-state index contributed by atoms with van der Waals surface area (Å²) in [4.78, 5) is 16.9. The quantitative estimate of drug-likeness (QED) is 0.391. The lowest BCUT2D eigenvalue weighted by atomic mass is 10.1. The molecule has 10 heteroatoms. The molecular weight excluding hydrogens is 401 g/mol. The predicted molar refractivity (Wildman–Crippen MR) is 111 cm³/mol. The van der Waals surface area contributed by atoms with Crippen LogP contribution >= 0.6 is 0 Å². The van der Waals surface area contributed by atoms with Gasteiger partial charge in [-0.15, -0.1) is 0 Å². The van der Waals surface area contributed by atoms with Gasteiger partial charge in [0, 0.05) is 29.7 Å². The van der Waals surface area contributed by atoms with Crippen molar-refractivity contribution in [2.45, 2.75) is 13.5 Å². The summed E-state index contributed by atoms with van der Waals surface area (Å²) in [6.07, 6.45) is 6.45. The number of hydrogen-bond acceptors (Lipinski definition) is 7. The molecule has 0 aliphatic carbocycles. The van der Waals surface area contributed by atoms with E-state index in [-0.39, 0.29) is 0 Å². The average molecular weight is 419 g/mol. The van der Waals surface area contributed by atoms with Crippen molar-refractivity contribution in [2.75, 3.05) is 13.7 Å². The third kappa shape index (κ3) is 3.31. The smallest absolute Gasteiger partial charge is 0.299 e. The first-order chi connectivity index (χ1) is 15.2. The minimum atomic E-state index is -0.536. The molecule has 0 aliphatic heterocycles. The average Bonchev–Trinajstić information content (AvgIpc) is 3.35. The fourth-order valence-corrected chi connectivity index (χ4v) is 3.56. The van der Waals surface area contributed by atoms with Gasteiger partial charge in [-0.1, -0.05) is 0 Å². The van der Waals surface area contributed by atoms with Crippen molar-refractivity contribution in [3.8, 4) is 23.0 Å². The van der Waals surface area contributed by atoms with E-state index in [0.717, 1.165) is 27.7 Å². The SMILES string of the molecule is CCOc1nc2ncc(-c3ccn4ncnc(OC)c34)cc2n1Cc1ccnc(F)c1. The van der Waals surface area contributed by atoms with Gasteiger partial charge in [0.2, 0.25) is 11.8 Å². The van der Waals surface area contributed by atoms with Crippen molar-refractivity contribution >= 4 is 16.7 Å². The van der Waals surface area contributed by atoms with Gasteiger partial charge in [-0.25, -0.2) is 14.5 Å². The summed E-state index contributed by atoms with van der Waals surface area (Å²) >= 11 is 0. The molecule has 0 spiro atoms. The lowest BCUT2D eigenvalue weighted by molar-refractivity contribution is 0.301. The Hall–Kier alpha value is -4.08. The zero-order valence-corrected chi connectivity index (χ0v) is 16.9. The van der Waals surface area contributed by atoms with E-state index in [4.69, 9.17) is 9.47 Å². The molecule has 0 saturated carbocycles. The fourth-order valence-electron chi connectivity index (χ4n) is 3.56. The Morgan fingerprint density at radius 2 is 2.03 bits per heavy atom. The van der Waals surface area contributed by atoms with Gasteiger partial charge in [-0.2, -0.15) is 19.5 Å². The first kappa shape index (κ1) is 18.9. The third-order valence-corrected chi connectivity index (χ3v) is 4.90. The number of ether oxygens (including phenoxy) is 2. The summed E-state index contributed by atoms with van der Waals surface area (Å²) in [5.74, 6) is -0.0723. The lowest BCUT2D eigenvalue weighted by Crippen LogP contribution is -2.05. The molecule has 5 aromatic heterocycles. The van der Waals surface area contributed by atoms with Gasteiger partial charge < -0.3 is 9.47 Å². The monoisotopic (exact) mass is 419 g/mol. The minimum absolute atomic E-state index is 0.360. The maximum Gasteiger partial charge on any atom is 0.299 e. The van der Waals surface area contributed by atoms with Crippen molar-refractivity contribution in [3.05, 3.63) is 60.7 Å². The summed E-state index contributed by atoms with van der Waals surface area (Å²) in [7, 11) is 1.57. The van der Waals surface area contributed by atoms with Crippen LogP contribution in [0.2, 0.25) is 0 Å². The molecule has 5 aromatic rings. The Bertz CT molecular complexity index is 1400. The Morgan fingerprint density at radius 1 is 1.13 bits per heavy atom. The molecule has 0 radical (unpaired) electrons. The van der Waals surface area contributed by atoms with Gasteiger partial charge in [0.05, 0.1) is 25.8 Å². The van der Waals surface area contributed by atoms with Crippen LogP contribution in [0.3, 0.4) is 0 Å². The van der Waals surface area contributed by atoms with Crippen LogP contribution in [0.25, 0.3) is 27.8 Å². The topological polar surface area (TPSA) is 92.3 Å². The van der Waals surface area contributed by atoms with Gasteiger partial charge in [0.1, 0.15) is 11.8 Å². The van der Waals surface area contributed by atoms with Gasteiger partial charge in [-0.3, -0.25) is 4.57 Å². The van der Waals surface area contributed by atoms with Crippen LogP contribution in [-0.4, -0.2) is 47.8 Å². The maximum absolute atomic E-state index is 13.6. The van der Waals surface area contributed by atoms with E-state index >= 15 is 0 Å². The highest BCUT2D eigenvalue weighted by Crippen LogP contribution is 2.32. The molecule has 0 aromatic carbocycles. The predicted octanol–water partition coefficient (Wildman–Crippen LogP) is 3.13. The van der Waals surface area contributed by atoms with E-state index in [1.807, 2.05) is 29.8 Å². The van der Waals surface area contributed by atoms with Gasteiger partial charge in [-0.05, 0) is 36.8 Å². The molecule has 0 bridgehead atoms. The lowest BCUT2D eigenvalue weighted by Gasteiger charge is -2.10. The van der Waals surface area contributed by atoms with E-state index in [1.54, 1.807) is 23.9 Å².